The molecule has 0 radical (unpaired) electrons. The lowest BCUT2D eigenvalue weighted by molar-refractivity contribution is -0.384. The number of nitro benzene ring substituents is 1. The van der Waals surface area contributed by atoms with Crippen LogP contribution in [0, 0.1) is 10.1 Å². The summed E-state index contributed by atoms with van der Waals surface area (Å²) in [5, 5.41) is 13.4. The lowest BCUT2D eigenvalue weighted by Gasteiger charge is -2.08. The van der Waals surface area contributed by atoms with Crippen LogP contribution in [0.5, 0.6) is 0 Å². The Labute approximate surface area is 134 Å². The van der Waals surface area contributed by atoms with Gasteiger partial charge in [0.25, 0.3) is 5.69 Å². The molecule has 7 nitrogen and oxygen atoms in total. The molecule has 0 saturated carbocycles. The van der Waals surface area contributed by atoms with Gasteiger partial charge in [-0.1, -0.05) is 18.5 Å². The molecule has 2 N–H and O–H groups in total. The van der Waals surface area contributed by atoms with Crippen molar-refractivity contribution in [2.75, 3.05) is 19.6 Å². The Balaban J connectivity index is 0.00000400. The van der Waals surface area contributed by atoms with E-state index in [9.17, 15) is 18.5 Å². The third-order valence-corrected chi connectivity index (χ3v) is 4.38. The summed E-state index contributed by atoms with van der Waals surface area (Å²) in [6.45, 7) is 3.53. The van der Waals surface area contributed by atoms with Crippen molar-refractivity contribution in [2.45, 2.75) is 18.2 Å². The molecule has 0 saturated heterocycles. The van der Waals surface area contributed by atoms with Gasteiger partial charge >= 0.3 is 0 Å². The average molecular weight is 358 g/mol. The van der Waals surface area contributed by atoms with Crippen LogP contribution in [0.4, 0.5) is 5.69 Å². The molecule has 1 aromatic rings. The molecular weight excluding hydrogens is 341 g/mol. The Hall–Kier alpha value is -0.930. The minimum absolute atomic E-state index is 0. The van der Waals surface area contributed by atoms with Crippen molar-refractivity contribution in [1.82, 2.24) is 10.0 Å². The van der Waals surface area contributed by atoms with E-state index in [1.165, 1.54) is 0 Å². The van der Waals surface area contributed by atoms with Crippen LogP contribution in [0.25, 0.3) is 0 Å². The first-order valence-corrected chi connectivity index (χ1v) is 7.89. The fourth-order valence-electron chi connectivity index (χ4n) is 1.47. The maximum absolute atomic E-state index is 12.0. The second kappa shape index (κ2) is 9.16. The largest absolute Gasteiger partial charge is 0.315 e. The zero-order valence-corrected chi connectivity index (χ0v) is 13.7. The molecule has 0 atom stereocenters. The highest BCUT2D eigenvalue weighted by molar-refractivity contribution is 7.89. The van der Waals surface area contributed by atoms with Gasteiger partial charge in [-0.15, -0.1) is 12.4 Å². The number of nitrogens with one attached hydrogen (secondary N) is 2. The molecule has 0 spiro atoms. The van der Waals surface area contributed by atoms with Crippen LogP contribution in [0.2, 0.25) is 5.02 Å². The molecule has 120 valence electrons. The van der Waals surface area contributed by atoms with Gasteiger partial charge in [-0.2, -0.15) is 0 Å². The normalized spacial score (nSPS) is 11.0. The number of benzene rings is 1. The Morgan fingerprint density at radius 1 is 1.29 bits per heavy atom. The number of hydrogen-bond acceptors (Lipinski definition) is 5. The molecule has 0 bridgehead atoms. The minimum atomic E-state index is -3.77. The number of nitrogens with zero attached hydrogens (tertiary/aromatic N) is 1. The van der Waals surface area contributed by atoms with Gasteiger partial charge in [0.2, 0.25) is 10.0 Å². The van der Waals surface area contributed by atoms with E-state index in [0.29, 0.717) is 6.54 Å². The summed E-state index contributed by atoms with van der Waals surface area (Å²) in [6.07, 6.45) is 0.959. The quantitative estimate of drug-likeness (QED) is 0.420. The Morgan fingerprint density at radius 3 is 2.48 bits per heavy atom. The predicted molar refractivity (Wildman–Crippen MR) is 83.7 cm³/mol. The summed E-state index contributed by atoms with van der Waals surface area (Å²) in [4.78, 5) is 9.76. The Bertz CT molecular complexity index is 581. The molecule has 0 fully saturated rings. The summed E-state index contributed by atoms with van der Waals surface area (Å²) >= 11 is 5.78. The van der Waals surface area contributed by atoms with Crippen molar-refractivity contribution >= 4 is 39.7 Å². The molecule has 21 heavy (non-hydrogen) atoms. The lowest BCUT2D eigenvalue weighted by Crippen LogP contribution is -2.32. The molecule has 0 unspecified atom stereocenters. The smallest absolute Gasteiger partial charge is 0.271 e. The van der Waals surface area contributed by atoms with E-state index in [1.807, 2.05) is 6.92 Å². The van der Waals surface area contributed by atoms with Gasteiger partial charge in [0.15, 0.2) is 0 Å². The van der Waals surface area contributed by atoms with Gasteiger partial charge in [-0.25, -0.2) is 13.1 Å². The SMILES string of the molecule is CCCNCCNS(=O)(=O)c1ccc([N+](=O)[O-])cc1Cl.Cl. The molecule has 0 aliphatic heterocycles. The first kappa shape index (κ1) is 20.1. The number of halogens is 2. The Morgan fingerprint density at radius 2 is 1.95 bits per heavy atom. The highest BCUT2D eigenvalue weighted by Crippen LogP contribution is 2.25. The predicted octanol–water partition coefficient (Wildman–Crippen LogP) is 1.95. The van der Waals surface area contributed by atoms with Crippen LogP contribution in [0.3, 0.4) is 0 Å². The van der Waals surface area contributed by atoms with Crippen LogP contribution in [-0.4, -0.2) is 33.0 Å². The monoisotopic (exact) mass is 357 g/mol. The standard InChI is InChI=1S/C11H16ClN3O4S.ClH/c1-2-5-13-6-7-14-20(18,19)11-4-3-9(15(16)17)8-10(11)12;/h3-4,8,13-14H,2,5-7H2,1H3;1H. The van der Waals surface area contributed by atoms with Crippen LogP contribution in [0.15, 0.2) is 23.1 Å². The summed E-state index contributed by atoms with van der Waals surface area (Å²) in [6, 6.07) is 3.25. The van der Waals surface area contributed by atoms with Crippen molar-refractivity contribution in [3.63, 3.8) is 0 Å². The molecular formula is C11H17Cl2N3O4S. The minimum Gasteiger partial charge on any atom is -0.315 e. The topological polar surface area (TPSA) is 101 Å². The molecule has 0 aliphatic rings. The molecule has 10 heteroatoms. The first-order valence-electron chi connectivity index (χ1n) is 6.03. The van der Waals surface area contributed by atoms with E-state index < -0.39 is 14.9 Å². The number of rotatable bonds is 8. The zero-order valence-electron chi connectivity index (χ0n) is 11.3. The number of hydrogen-bond donors (Lipinski definition) is 2. The lowest BCUT2D eigenvalue weighted by atomic mass is 10.3. The summed E-state index contributed by atoms with van der Waals surface area (Å²) in [5.41, 5.74) is -0.251. The molecule has 0 heterocycles. The average Bonchev–Trinajstić information content (AvgIpc) is 2.37. The van der Waals surface area contributed by atoms with Gasteiger partial charge in [0.1, 0.15) is 4.90 Å². The van der Waals surface area contributed by atoms with E-state index in [4.69, 9.17) is 11.6 Å². The van der Waals surface area contributed by atoms with Crippen molar-refractivity contribution in [1.29, 1.82) is 0 Å². The Kier molecular flexibility index (Phi) is 8.76. The highest BCUT2D eigenvalue weighted by Gasteiger charge is 2.19. The third-order valence-electron chi connectivity index (χ3n) is 2.44. The number of non-ortho nitro benzene ring substituents is 1. The molecule has 1 rings (SSSR count). The van der Waals surface area contributed by atoms with Crippen LogP contribution in [0.1, 0.15) is 13.3 Å². The molecule has 1 aromatic carbocycles. The van der Waals surface area contributed by atoms with E-state index in [2.05, 4.69) is 10.0 Å². The van der Waals surface area contributed by atoms with Crippen molar-refractivity contribution in [3.05, 3.63) is 33.3 Å². The molecule has 0 aromatic heterocycles. The number of sulfonamides is 1. The van der Waals surface area contributed by atoms with Gasteiger partial charge in [-0.3, -0.25) is 10.1 Å². The van der Waals surface area contributed by atoms with Crippen LogP contribution in [-0.2, 0) is 10.0 Å². The fraction of sp³-hybridized carbons (Fsp3) is 0.455. The van der Waals surface area contributed by atoms with E-state index in [0.717, 1.165) is 31.2 Å². The van der Waals surface area contributed by atoms with Crippen molar-refractivity contribution in [2.24, 2.45) is 0 Å². The van der Waals surface area contributed by atoms with Gasteiger partial charge < -0.3 is 5.32 Å². The van der Waals surface area contributed by atoms with E-state index >= 15 is 0 Å². The van der Waals surface area contributed by atoms with Crippen LogP contribution >= 0.6 is 24.0 Å². The van der Waals surface area contributed by atoms with Gasteiger partial charge in [0, 0.05) is 25.2 Å². The van der Waals surface area contributed by atoms with E-state index in [1.54, 1.807) is 0 Å². The molecule has 0 amide bonds. The number of nitro groups is 1. The highest BCUT2D eigenvalue weighted by atomic mass is 35.5. The zero-order chi connectivity index (χ0) is 15.2. The van der Waals surface area contributed by atoms with Crippen molar-refractivity contribution in [3.8, 4) is 0 Å². The third kappa shape index (κ3) is 6.15. The van der Waals surface area contributed by atoms with E-state index in [-0.39, 0.29) is 34.6 Å². The maximum Gasteiger partial charge on any atom is 0.271 e. The molecule has 0 aliphatic carbocycles. The summed E-state index contributed by atoms with van der Waals surface area (Å²) in [5.74, 6) is 0. The first-order chi connectivity index (χ1) is 9.38. The second-order valence-corrected chi connectivity index (χ2v) is 6.16. The van der Waals surface area contributed by atoms with Gasteiger partial charge in [0.05, 0.1) is 9.95 Å². The van der Waals surface area contributed by atoms with Gasteiger partial charge in [-0.05, 0) is 19.0 Å². The maximum atomic E-state index is 12.0. The fourth-order valence-corrected chi connectivity index (χ4v) is 3.04. The summed E-state index contributed by atoms with van der Waals surface area (Å²) < 4.78 is 26.3. The second-order valence-electron chi connectivity index (χ2n) is 4.02. The van der Waals surface area contributed by atoms with Crippen LogP contribution < -0.4 is 10.0 Å². The summed E-state index contributed by atoms with van der Waals surface area (Å²) in [7, 11) is -3.77. The van der Waals surface area contributed by atoms with Crippen molar-refractivity contribution < 1.29 is 13.3 Å².